The third-order valence-electron chi connectivity index (χ3n) is 4.74. The summed E-state index contributed by atoms with van der Waals surface area (Å²) in [6, 6.07) is 22.7. The fourth-order valence-electron chi connectivity index (χ4n) is 3.18. The van der Waals surface area contributed by atoms with Crippen LogP contribution >= 0.6 is 0 Å². The molecular weight excluding hydrogens is 450 g/mol. The molecule has 4 rings (SSSR count). The van der Waals surface area contributed by atoms with Gasteiger partial charge in [-0.1, -0.05) is 24.3 Å². The maximum absolute atomic E-state index is 12.0. The van der Waals surface area contributed by atoms with Gasteiger partial charge in [-0.25, -0.2) is 14.8 Å². The Morgan fingerprint density at radius 3 is 2.20 bits per heavy atom. The van der Waals surface area contributed by atoms with E-state index in [0.717, 1.165) is 0 Å². The minimum atomic E-state index is -0.577. The first-order chi connectivity index (χ1) is 17.0. The van der Waals surface area contributed by atoms with E-state index in [9.17, 15) is 14.9 Å². The van der Waals surface area contributed by atoms with Crippen molar-refractivity contribution in [3.05, 3.63) is 101 Å². The van der Waals surface area contributed by atoms with Gasteiger partial charge in [0.1, 0.15) is 17.8 Å². The number of hydrogen-bond donors (Lipinski definition) is 2. The van der Waals surface area contributed by atoms with Gasteiger partial charge in [0.15, 0.2) is 0 Å². The summed E-state index contributed by atoms with van der Waals surface area (Å²) < 4.78 is 10.8. The maximum Gasteiger partial charge on any atom is 0.353 e. The molecule has 0 fully saturated rings. The van der Waals surface area contributed by atoms with Crippen molar-refractivity contribution in [2.24, 2.45) is 0 Å². The van der Waals surface area contributed by atoms with E-state index < -0.39 is 10.9 Å². The molecular formula is C25H21N5O5. The summed E-state index contributed by atoms with van der Waals surface area (Å²) in [5.41, 5.74) is 0.969. The van der Waals surface area contributed by atoms with Crippen LogP contribution in [0.5, 0.6) is 11.5 Å². The molecule has 0 saturated carbocycles. The number of aromatic nitrogens is 2. The first-order valence-electron chi connectivity index (χ1n) is 10.7. The molecule has 0 spiro atoms. The highest BCUT2D eigenvalue weighted by molar-refractivity contribution is 5.91. The van der Waals surface area contributed by atoms with Gasteiger partial charge in [0, 0.05) is 11.4 Å². The van der Waals surface area contributed by atoms with Crippen LogP contribution in [0, 0.1) is 10.1 Å². The van der Waals surface area contributed by atoms with E-state index in [4.69, 9.17) is 9.47 Å². The van der Waals surface area contributed by atoms with Crippen LogP contribution in [0.15, 0.2) is 85.2 Å². The Hall–Kier alpha value is -4.99. The van der Waals surface area contributed by atoms with Crippen LogP contribution in [0.1, 0.15) is 17.3 Å². The van der Waals surface area contributed by atoms with Crippen molar-refractivity contribution in [1.29, 1.82) is 0 Å². The fourth-order valence-corrected chi connectivity index (χ4v) is 3.18. The van der Waals surface area contributed by atoms with E-state index in [1.54, 1.807) is 49.4 Å². The predicted molar refractivity (Wildman–Crippen MR) is 131 cm³/mol. The third-order valence-corrected chi connectivity index (χ3v) is 4.74. The third kappa shape index (κ3) is 5.88. The number of nitro groups is 1. The first kappa shape index (κ1) is 23.2. The molecule has 4 aromatic rings. The Bertz CT molecular complexity index is 1330. The number of hydrogen-bond acceptors (Lipinski definition) is 9. The lowest BCUT2D eigenvalue weighted by atomic mass is 10.2. The summed E-state index contributed by atoms with van der Waals surface area (Å²) in [4.78, 5) is 31.4. The number of carbonyl (C=O) groups excluding carboxylic acids is 1. The molecule has 176 valence electrons. The van der Waals surface area contributed by atoms with Gasteiger partial charge >= 0.3 is 11.7 Å². The molecule has 35 heavy (non-hydrogen) atoms. The number of rotatable bonds is 9. The number of benzene rings is 3. The predicted octanol–water partition coefficient (Wildman–Crippen LogP) is 5.84. The molecule has 10 heteroatoms. The summed E-state index contributed by atoms with van der Waals surface area (Å²) in [7, 11) is 0. The average molecular weight is 471 g/mol. The highest BCUT2D eigenvalue weighted by atomic mass is 16.6. The Balaban J connectivity index is 1.54. The summed E-state index contributed by atoms with van der Waals surface area (Å²) >= 11 is 0. The Morgan fingerprint density at radius 1 is 0.886 bits per heavy atom. The lowest BCUT2D eigenvalue weighted by Crippen LogP contribution is -2.07. The van der Waals surface area contributed by atoms with E-state index in [1.807, 2.05) is 30.3 Å². The summed E-state index contributed by atoms with van der Waals surface area (Å²) in [5, 5.41) is 17.7. The molecule has 0 saturated heterocycles. The molecule has 0 bridgehead atoms. The summed E-state index contributed by atoms with van der Waals surface area (Å²) in [6.07, 6.45) is 1.21. The molecule has 0 radical (unpaired) electrons. The van der Waals surface area contributed by atoms with Crippen molar-refractivity contribution in [2.75, 3.05) is 17.2 Å². The monoisotopic (exact) mass is 471 g/mol. The van der Waals surface area contributed by atoms with Crippen LogP contribution in [0.25, 0.3) is 0 Å². The van der Waals surface area contributed by atoms with E-state index in [1.165, 1.54) is 12.4 Å². The van der Waals surface area contributed by atoms with Crippen molar-refractivity contribution in [3.63, 3.8) is 0 Å². The molecule has 0 aliphatic rings. The number of carbonyl (C=O) groups is 1. The minimum Gasteiger partial charge on any atom is -0.462 e. The molecule has 10 nitrogen and oxygen atoms in total. The normalized spacial score (nSPS) is 10.3. The van der Waals surface area contributed by atoms with E-state index >= 15 is 0 Å². The molecule has 0 aliphatic heterocycles. The topological polar surface area (TPSA) is 129 Å². The average Bonchev–Trinajstić information content (AvgIpc) is 2.86. The Morgan fingerprint density at radius 2 is 1.54 bits per heavy atom. The maximum atomic E-state index is 12.0. The Labute approximate surface area is 200 Å². The molecule has 0 amide bonds. The lowest BCUT2D eigenvalue weighted by Gasteiger charge is -2.11. The number of esters is 1. The smallest absolute Gasteiger partial charge is 0.353 e. The van der Waals surface area contributed by atoms with Crippen molar-refractivity contribution in [1.82, 2.24) is 9.97 Å². The number of ether oxygens (including phenoxy) is 2. The number of nitrogens with one attached hydrogen (secondary N) is 2. The van der Waals surface area contributed by atoms with Crippen molar-refractivity contribution >= 4 is 34.7 Å². The van der Waals surface area contributed by atoms with E-state index in [-0.39, 0.29) is 23.9 Å². The summed E-state index contributed by atoms with van der Waals surface area (Å²) in [6.45, 7) is 1.95. The van der Waals surface area contributed by atoms with Gasteiger partial charge in [-0.2, -0.15) is 0 Å². The van der Waals surface area contributed by atoms with E-state index in [0.29, 0.717) is 28.4 Å². The zero-order valence-corrected chi connectivity index (χ0v) is 18.7. The summed E-state index contributed by atoms with van der Waals surface area (Å²) in [5.74, 6) is 0.795. The van der Waals surface area contributed by atoms with Gasteiger partial charge in [0.05, 0.1) is 17.1 Å². The molecule has 0 atom stereocenters. The van der Waals surface area contributed by atoms with Crippen LogP contribution in [0.2, 0.25) is 0 Å². The van der Waals surface area contributed by atoms with Gasteiger partial charge in [0.2, 0.25) is 11.6 Å². The number of para-hydroxylation sites is 1. The second-order valence-corrected chi connectivity index (χ2v) is 7.17. The second kappa shape index (κ2) is 10.8. The molecule has 0 aliphatic carbocycles. The van der Waals surface area contributed by atoms with Crippen LogP contribution in [-0.4, -0.2) is 27.5 Å². The molecule has 0 unspecified atom stereocenters. The fraction of sp³-hybridized carbons (Fsp3) is 0.0800. The van der Waals surface area contributed by atoms with Crippen LogP contribution < -0.4 is 15.4 Å². The second-order valence-electron chi connectivity index (χ2n) is 7.17. The van der Waals surface area contributed by atoms with Crippen molar-refractivity contribution in [3.8, 4) is 11.5 Å². The van der Waals surface area contributed by atoms with Crippen LogP contribution in [-0.2, 0) is 4.74 Å². The van der Waals surface area contributed by atoms with Crippen LogP contribution in [0.3, 0.4) is 0 Å². The van der Waals surface area contributed by atoms with Gasteiger partial charge in [0.25, 0.3) is 0 Å². The van der Waals surface area contributed by atoms with Gasteiger partial charge in [-0.15, -0.1) is 0 Å². The molecule has 1 aromatic heterocycles. The largest absolute Gasteiger partial charge is 0.462 e. The zero-order chi connectivity index (χ0) is 24.6. The first-order valence-corrected chi connectivity index (χ1v) is 10.7. The van der Waals surface area contributed by atoms with Crippen molar-refractivity contribution < 1.29 is 19.2 Å². The highest BCUT2D eigenvalue weighted by Crippen LogP contribution is 2.33. The SMILES string of the molecule is CCOC(=O)c1cccc(Nc2ncnc(Nc3ccc(Oc4ccccc4)cc3)c2[N+](=O)[O-])c1. The number of anilines is 4. The van der Waals surface area contributed by atoms with Gasteiger partial charge in [-0.05, 0) is 61.5 Å². The molecule has 2 N–H and O–H groups in total. The zero-order valence-electron chi connectivity index (χ0n) is 18.7. The van der Waals surface area contributed by atoms with Gasteiger partial charge < -0.3 is 20.1 Å². The van der Waals surface area contributed by atoms with Gasteiger partial charge in [-0.3, -0.25) is 10.1 Å². The van der Waals surface area contributed by atoms with Crippen molar-refractivity contribution in [2.45, 2.75) is 6.92 Å². The van der Waals surface area contributed by atoms with Crippen LogP contribution in [0.4, 0.5) is 28.7 Å². The highest BCUT2D eigenvalue weighted by Gasteiger charge is 2.23. The standard InChI is InChI=1S/C25H21N5O5/c1-2-34-25(31)17-7-6-8-19(15-17)29-24-22(30(32)33)23(26-16-27-24)28-18-11-13-21(14-12-18)35-20-9-4-3-5-10-20/h3-16H,2H2,1H3,(H2,26,27,28,29). The molecule has 1 heterocycles. The lowest BCUT2D eigenvalue weighted by molar-refractivity contribution is -0.383. The number of nitrogens with zero attached hydrogens (tertiary/aromatic N) is 3. The quantitative estimate of drug-likeness (QED) is 0.176. The van der Waals surface area contributed by atoms with E-state index in [2.05, 4.69) is 20.6 Å². The minimum absolute atomic E-state index is 0.00535. The molecule has 3 aromatic carbocycles. The Kier molecular flexibility index (Phi) is 7.12.